The molecule has 1 aromatic carbocycles. The SMILES string of the molecule is CCCNc1cc(CCC)nc2c(CCC)cccc12. The van der Waals surface area contributed by atoms with Gasteiger partial charge < -0.3 is 5.32 Å². The first-order chi connectivity index (χ1) is 9.80. The summed E-state index contributed by atoms with van der Waals surface area (Å²) in [6, 6.07) is 8.80. The quantitative estimate of drug-likeness (QED) is 0.769. The van der Waals surface area contributed by atoms with E-state index in [-0.39, 0.29) is 0 Å². The molecule has 2 aromatic rings. The maximum absolute atomic E-state index is 4.91. The van der Waals surface area contributed by atoms with Gasteiger partial charge in [0.1, 0.15) is 0 Å². The minimum atomic E-state index is 1.02. The standard InChI is InChI=1S/C18H26N2/c1-4-8-14-10-7-11-16-17(19-12-6-3)13-15(9-5-2)20-18(14)16/h7,10-11,13H,4-6,8-9,12H2,1-3H3,(H,19,20). The number of hydrogen-bond donors (Lipinski definition) is 1. The Morgan fingerprint density at radius 2 is 1.80 bits per heavy atom. The number of pyridine rings is 1. The van der Waals surface area contributed by atoms with Crippen LogP contribution in [0.1, 0.15) is 51.3 Å². The third kappa shape index (κ3) is 3.30. The summed E-state index contributed by atoms with van der Waals surface area (Å²) in [7, 11) is 0. The van der Waals surface area contributed by atoms with Crippen LogP contribution < -0.4 is 5.32 Å². The number of fused-ring (bicyclic) bond motifs is 1. The van der Waals surface area contributed by atoms with Crippen LogP contribution in [0.25, 0.3) is 10.9 Å². The van der Waals surface area contributed by atoms with E-state index in [1.54, 1.807) is 0 Å². The Balaban J connectivity index is 2.54. The fourth-order valence-corrected chi connectivity index (χ4v) is 2.62. The Labute approximate surface area is 122 Å². The van der Waals surface area contributed by atoms with Crippen LogP contribution >= 0.6 is 0 Å². The molecule has 2 heteroatoms. The lowest BCUT2D eigenvalue weighted by Gasteiger charge is -2.13. The maximum Gasteiger partial charge on any atom is 0.0758 e. The summed E-state index contributed by atoms with van der Waals surface area (Å²) in [6.45, 7) is 7.66. The second-order valence-electron chi connectivity index (χ2n) is 5.40. The first-order valence-electron chi connectivity index (χ1n) is 7.95. The highest BCUT2D eigenvalue weighted by molar-refractivity contribution is 5.93. The minimum absolute atomic E-state index is 1.02. The van der Waals surface area contributed by atoms with E-state index in [1.165, 1.54) is 27.8 Å². The number of hydrogen-bond acceptors (Lipinski definition) is 2. The van der Waals surface area contributed by atoms with E-state index in [4.69, 9.17) is 4.98 Å². The average molecular weight is 270 g/mol. The van der Waals surface area contributed by atoms with Gasteiger partial charge in [-0.3, -0.25) is 4.98 Å². The van der Waals surface area contributed by atoms with Crippen LogP contribution in [-0.4, -0.2) is 11.5 Å². The maximum atomic E-state index is 4.91. The van der Waals surface area contributed by atoms with Gasteiger partial charge in [0.25, 0.3) is 0 Å². The molecule has 1 aromatic heterocycles. The van der Waals surface area contributed by atoms with E-state index >= 15 is 0 Å². The van der Waals surface area contributed by atoms with E-state index in [1.807, 2.05) is 0 Å². The fourth-order valence-electron chi connectivity index (χ4n) is 2.62. The van der Waals surface area contributed by atoms with E-state index in [0.29, 0.717) is 0 Å². The molecule has 0 fully saturated rings. The van der Waals surface area contributed by atoms with Crippen LogP contribution in [0.2, 0.25) is 0 Å². The zero-order chi connectivity index (χ0) is 14.4. The van der Waals surface area contributed by atoms with Crippen LogP contribution in [0.15, 0.2) is 24.3 Å². The second-order valence-corrected chi connectivity index (χ2v) is 5.40. The van der Waals surface area contributed by atoms with Crippen LogP contribution in [0.5, 0.6) is 0 Å². The molecule has 0 amide bonds. The van der Waals surface area contributed by atoms with E-state index in [9.17, 15) is 0 Å². The van der Waals surface area contributed by atoms with Crippen LogP contribution in [0.3, 0.4) is 0 Å². The summed E-state index contributed by atoms with van der Waals surface area (Å²) >= 11 is 0. The van der Waals surface area contributed by atoms with Crippen molar-refractivity contribution in [2.24, 2.45) is 0 Å². The first-order valence-corrected chi connectivity index (χ1v) is 7.95. The highest BCUT2D eigenvalue weighted by Crippen LogP contribution is 2.27. The van der Waals surface area contributed by atoms with E-state index < -0.39 is 0 Å². The largest absolute Gasteiger partial charge is 0.384 e. The van der Waals surface area contributed by atoms with Crippen molar-refractivity contribution in [3.63, 3.8) is 0 Å². The van der Waals surface area contributed by atoms with Crippen molar-refractivity contribution in [1.82, 2.24) is 4.98 Å². The number of aryl methyl sites for hydroxylation is 2. The third-order valence-electron chi connectivity index (χ3n) is 3.57. The molecule has 1 N–H and O–H groups in total. The topological polar surface area (TPSA) is 24.9 Å². The van der Waals surface area contributed by atoms with Gasteiger partial charge >= 0.3 is 0 Å². The van der Waals surface area contributed by atoms with Crippen LogP contribution in [0, 0.1) is 0 Å². The summed E-state index contributed by atoms with van der Waals surface area (Å²) in [5.74, 6) is 0. The van der Waals surface area contributed by atoms with E-state index in [0.717, 1.165) is 38.6 Å². The fraction of sp³-hybridized carbons (Fsp3) is 0.500. The smallest absolute Gasteiger partial charge is 0.0758 e. The number of para-hydroxylation sites is 1. The molecule has 0 saturated carbocycles. The molecule has 0 aliphatic carbocycles. The van der Waals surface area contributed by atoms with Gasteiger partial charge in [0.05, 0.1) is 5.52 Å². The first kappa shape index (κ1) is 14.8. The molecule has 0 atom stereocenters. The number of rotatable bonds is 7. The Morgan fingerprint density at radius 1 is 1.00 bits per heavy atom. The summed E-state index contributed by atoms with van der Waals surface area (Å²) < 4.78 is 0. The van der Waals surface area contributed by atoms with Gasteiger partial charge in [-0.1, -0.05) is 51.8 Å². The van der Waals surface area contributed by atoms with Crippen LogP contribution in [0.4, 0.5) is 5.69 Å². The number of nitrogens with zero attached hydrogens (tertiary/aromatic N) is 1. The Hall–Kier alpha value is -1.57. The summed E-state index contributed by atoms with van der Waals surface area (Å²) in [4.78, 5) is 4.91. The zero-order valence-corrected chi connectivity index (χ0v) is 13.0. The average Bonchev–Trinajstić information content (AvgIpc) is 2.46. The molecule has 1 heterocycles. The van der Waals surface area contributed by atoms with Crippen molar-refractivity contribution < 1.29 is 0 Å². The minimum Gasteiger partial charge on any atom is -0.384 e. The van der Waals surface area contributed by atoms with Crippen molar-refractivity contribution in [1.29, 1.82) is 0 Å². The van der Waals surface area contributed by atoms with Crippen molar-refractivity contribution in [3.05, 3.63) is 35.5 Å². The van der Waals surface area contributed by atoms with Crippen molar-refractivity contribution in [2.75, 3.05) is 11.9 Å². The van der Waals surface area contributed by atoms with Gasteiger partial charge in [-0.2, -0.15) is 0 Å². The lowest BCUT2D eigenvalue weighted by Crippen LogP contribution is -2.03. The molecule has 0 saturated heterocycles. The van der Waals surface area contributed by atoms with Gasteiger partial charge in [-0.25, -0.2) is 0 Å². The lowest BCUT2D eigenvalue weighted by molar-refractivity contribution is 0.883. The molecule has 0 aliphatic rings. The van der Waals surface area contributed by atoms with Gasteiger partial charge in [0.2, 0.25) is 0 Å². The molecular formula is C18H26N2. The third-order valence-corrected chi connectivity index (χ3v) is 3.57. The van der Waals surface area contributed by atoms with Crippen molar-refractivity contribution >= 4 is 16.6 Å². The number of aromatic nitrogens is 1. The number of benzene rings is 1. The van der Waals surface area contributed by atoms with Gasteiger partial charge in [0.15, 0.2) is 0 Å². The van der Waals surface area contributed by atoms with Gasteiger partial charge in [-0.05, 0) is 30.9 Å². The summed E-state index contributed by atoms with van der Waals surface area (Å²) in [6.07, 6.45) is 5.60. The molecule has 0 bridgehead atoms. The molecule has 0 unspecified atom stereocenters. The predicted octanol–water partition coefficient (Wildman–Crippen LogP) is 4.96. The highest BCUT2D eigenvalue weighted by Gasteiger charge is 2.08. The second kappa shape index (κ2) is 7.28. The summed E-state index contributed by atoms with van der Waals surface area (Å²) in [5, 5.41) is 4.83. The molecular weight excluding hydrogens is 244 g/mol. The zero-order valence-electron chi connectivity index (χ0n) is 13.0. The van der Waals surface area contributed by atoms with Crippen LogP contribution in [-0.2, 0) is 12.8 Å². The van der Waals surface area contributed by atoms with Gasteiger partial charge in [0, 0.05) is 23.3 Å². The Kier molecular flexibility index (Phi) is 5.40. The summed E-state index contributed by atoms with van der Waals surface area (Å²) in [5.41, 5.74) is 5.03. The van der Waals surface area contributed by atoms with Crippen molar-refractivity contribution in [3.8, 4) is 0 Å². The lowest BCUT2D eigenvalue weighted by atomic mass is 10.0. The number of nitrogens with one attached hydrogen (secondary N) is 1. The molecule has 2 nitrogen and oxygen atoms in total. The molecule has 0 aliphatic heterocycles. The molecule has 0 spiro atoms. The van der Waals surface area contributed by atoms with E-state index in [2.05, 4.69) is 50.4 Å². The number of anilines is 1. The molecule has 20 heavy (non-hydrogen) atoms. The monoisotopic (exact) mass is 270 g/mol. The Morgan fingerprint density at radius 3 is 2.50 bits per heavy atom. The molecule has 0 radical (unpaired) electrons. The normalized spacial score (nSPS) is 10.9. The van der Waals surface area contributed by atoms with Gasteiger partial charge in [-0.15, -0.1) is 0 Å². The highest BCUT2D eigenvalue weighted by atomic mass is 14.9. The molecule has 2 rings (SSSR count). The Bertz CT molecular complexity index is 561. The van der Waals surface area contributed by atoms with Crippen molar-refractivity contribution in [2.45, 2.75) is 52.9 Å². The predicted molar refractivity (Wildman–Crippen MR) is 88.5 cm³/mol. The molecule has 108 valence electrons.